The van der Waals surface area contributed by atoms with E-state index < -0.39 is 18.2 Å². The van der Waals surface area contributed by atoms with Crippen LogP contribution in [0.2, 0.25) is 0 Å². The van der Waals surface area contributed by atoms with Crippen molar-refractivity contribution in [1.29, 1.82) is 0 Å². The topological polar surface area (TPSA) is 93.7 Å². The Hall–Kier alpha value is -1.26. The molecule has 0 spiro atoms. The Morgan fingerprint density at radius 2 is 1.27 bits per heavy atom. The molecule has 8 heteroatoms. The molecule has 0 fully saturated rings. The van der Waals surface area contributed by atoms with E-state index in [0.29, 0.717) is 0 Å². The second-order valence-electron chi connectivity index (χ2n) is 2.02. The van der Waals surface area contributed by atoms with E-state index in [1.54, 1.807) is 24.5 Å². The van der Waals surface area contributed by atoms with Crippen LogP contribution in [0.4, 0.5) is 14.4 Å². The van der Waals surface area contributed by atoms with Gasteiger partial charge in [0.2, 0.25) is 0 Å². The molecule has 15 heavy (non-hydrogen) atoms. The third-order valence-electron chi connectivity index (χ3n) is 0.982. The van der Waals surface area contributed by atoms with Crippen molar-refractivity contribution in [3.8, 4) is 0 Å². The zero-order chi connectivity index (χ0) is 11.0. The van der Waals surface area contributed by atoms with Crippen LogP contribution < -0.4 is 10.6 Å². The lowest BCUT2D eigenvalue weighted by molar-refractivity contribution is 0.146. The number of nitrogens with one attached hydrogen (secondary N) is 2. The molecule has 0 heterocycles. The fraction of sp³-hybridized carbons (Fsp3) is 0.571. The van der Waals surface area contributed by atoms with E-state index in [-0.39, 0.29) is 30.6 Å². The number of imide groups is 2. The number of hydrogen-bond donors (Lipinski definition) is 2. The first kappa shape index (κ1) is 16.2. The minimum atomic E-state index is -0.984. The highest BCUT2D eigenvalue weighted by atomic mass is 27.0. The fourth-order valence-corrected chi connectivity index (χ4v) is 0.551. The predicted octanol–water partition coefficient (Wildman–Crippen LogP) is -0.585. The van der Waals surface area contributed by atoms with Gasteiger partial charge in [-0.25, -0.2) is 25.0 Å². The van der Waals surface area contributed by atoms with E-state index in [2.05, 4.69) is 9.47 Å². The van der Waals surface area contributed by atoms with Crippen molar-refractivity contribution >= 4 is 35.6 Å². The number of urea groups is 1. The number of amides is 4. The van der Waals surface area contributed by atoms with Gasteiger partial charge in [0.1, 0.15) is 0 Å². The highest BCUT2D eigenvalue weighted by Gasteiger charge is 2.11. The van der Waals surface area contributed by atoms with Crippen LogP contribution in [-0.4, -0.2) is 48.8 Å². The smallest absolute Gasteiger partial charge is 0.415 e. The Morgan fingerprint density at radius 1 is 0.933 bits per heavy atom. The summed E-state index contributed by atoms with van der Waals surface area (Å²) in [6.07, 6.45) is -1.84. The van der Waals surface area contributed by atoms with Gasteiger partial charge in [0, 0.05) is 0 Å². The van der Waals surface area contributed by atoms with Gasteiger partial charge in [0.15, 0.2) is 17.4 Å². The van der Waals surface area contributed by atoms with Crippen molar-refractivity contribution in [2.75, 3.05) is 13.2 Å². The molecule has 0 aromatic rings. The van der Waals surface area contributed by atoms with E-state index in [1.165, 1.54) is 0 Å². The van der Waals surface area contributed by atoms with Crippen molar-refractivity contribution in [3.05, 3.63) is 0 Å². The van der Waals surface area contributed by atoms with Crippen LogP contribution in [0.3, 0.4) is 0 Å². The summed E-state index contributed by atoms with van der Waals surface area (Å²) in [6, 6.07) is -0.984. The molecule has 0 aromatic heterocycles. The van der Waals surface area contributed by atoms with Crippen LogP contribution in [0, 0.1) is 0 Å². The maximum atomic E-state index is 10.8. The first-order chi connectivity index (χ1) is 6.60. The number of alkyl carbamates (subject to hydrolysis) is 2. The maximum absolute atomic E-state index is 10.8. The SMILES string of the molecule is CCOC(=O)NC(=O)NC(=O)OCC.[AlH3]. The number of hydrogen-bond acceptors (Lipinski definition) is 5. The lowest BCUT2D eigenvalue weighted by atomic mass is 10.8. The molecule has 0 unspecified atom stereocenters. The van der Waals surface area contributed by atoms with E-state index in [9.17, 15) is 14.4 Å². The van der Waals surface area contributed by atoms with Gasteiger partial charge in [-0.15, -0.1) is 0 Å². The monoisotopic (exact) mass is 234 g/mol. The predicted molar refractivity (Wildman–Crippen MR) is 55.7 cm³/mol. The molecule has 7 nitrogen and oxygen atoms in total. The Morgan fingerprint density at radius 3 is 1.53 bits per heavy atom. The van der Waals surface area contributed by atoms with Gasteiger partial charge in [0.25, 0.3) is 0 Å². The summed E-state index contributed by atoms with van der Waals surface area (Å²) in [7, 11) is 0. The molecular formula is C7H15AlN2O5. The summed E-state index contributed by atoms with van der Waals surface area (Å²) in [5.41, 5.74) is 0. The molecule has 0 aliphatic rings. The summed E-state index contributed by atoms with van der Waals surface area (Å²) < 4.78 is 8.78. The zero-order valence-electron chi connectivity index (χ0n) is 7.96. The van der Waals surface area contributed by atoms with Crippen LogP contribution in [-0.2, 0) is 9.47 Å². The maximum Gasteiger partial charge on any atom is 0.415 e. The summed E-state index contributed by atoms with van der Waals surface area (Å²) >= 11 is 0. The van der Waals surface area contributed by atoms with Crippen LogP contribution >= 0.6 is 0 Å². The molecule has 86 valence electrons. The first-order valence-electron chi connectivity index (χ1n) is 4.01. The molecule has 0 rings (SSSR count). The lowest BCUT2D eigenvalue weighted by Gasteiger charge is -2.04. The fourth-order valence-electron chi connectivity index (χ4n) is 0.551. The van der Waals surface area contributed by atoms with Crippen molar-refractivity contribution in [3.63, 3.8) is 0 Å². The normalized spacial score (nSPS) is 8.13. The summed E-state index contributed by atoms with van der Waals surface area (Å²) in [5, 5.41) is 3.52. The Balaban J connectivity index is 0. The molecular weight excluding hydrogens is 219 g/mol. The lowest BCUT2D eigenvalue weighted by Crippen LogP contribution is -2.42. The second-order valence-corrected chi connectivity index (χ2v) is 2.02. The standard InChI is InChI=1S/C7H12N2O5.Al.3H/c1-3-13-6(11)8-5(10)9-7(12)14-4-2;;;;/h3-4H2,1-2H3,(H2,8,9,10,11,12);;;;. The first-order valence-corrected chi connectivity index (χ1v) is 4.01. The van der Waals surface area contributed by atoms with Crippen molar-refractivity contribution in [1.82, 2.24) is 10.6 Å². The van der Waals surface area contributed by atoms with Gasteiger partial charge in [0.05, 0.1) is 13.2 Å². The summed E-state index contributed by atoms with van der Waals surface area (Å²) in [4.78, 5) is 32.1. The van der Waals surface area contributed by atoms with Gasteiger partial charge < -0.3 is 9.47 Å². The van der Waals surface area contributed by atoms with Crippen LogP contribution in [0.5, 0.6) is 0 Å². The van der Waals surface area contributed by atoms with Crippen molar-refractivity contribution in [2.24, 2.45) is 0 Å². The molecule has 0 radical (unpaired) electrons. The van der Waals surface area contributed by atoms with Gasteiger partial charge >= 0.3 is 18.2 Å². The number of rotatable bonds is 2. The molecule has 0 saturated carbocycles. The number of carbonyl (C=O) groups excluding carboxylic acids is 3. The number of ether oxygens (including phenoxy) is 2. The van der Waals surface area contributed by atoms with Gasteiger partial charge in [-0.1, -0.05) is 0 Å². The van der Waals surface area contributed by atoms with Gasteiger partial charge in [-0.05, 0) is 13.8 Å². The summed E-state index contributed by atoms with van der Waals surface area (Å²) in [6.45, 7) is 3.45. The minimum Gasteiger partial charge on any atom is -0.450 e. The second kappa shape index (κ2) is 9.30. The Kier molecular flexibility index (Phi) is 10.0. The van der Waals surface area contributed by atoms with E-state index in [0.717, 1.165) is 0 Å². The van der Waals surface area contributed by atoms with E-state index >= 15 is 0 Å². The van der Waals surface area contributed by atoms with E-state index in [1.807, 2.05) is 0 Å². The molecule has 0 aliphatic carbocycles. The molecule has 0 aliphatic heterocycles. The Bertz CT molecular complexity index is 211. The zero-order valence-corrected chi connectivity index (χ0v) is 7.96. The molecule has 0 atom stereocenters. The average Bonchev–Trinajstić information content (AvgIpc) is 2.03. The molecule has 2 N–H and O–H groups in total. The quantitative estimate of drug-likeness (QED) is 0.623. The highest BCUT2D eigenvalue weighted by molar-refractivity contribution is 5.98. The largest absolute Gasteiger partial charge is 0.450 e. The van der Waals surface area contributed by atoms with Crippen LogP contribution in [0.15, 0.2) is 0 Å². The summed E-state index contributed by atoms with van der Waals surface area (Å²) in [5.74, 6) is 0. The van der Waals surface area contributed by atoms with E-state index in [4.69, 9.17) is 0 Å². The average molecular weight is 234 g/mol. The highest BCUT2D eigenvalue weighted by Crippen LogP contribution is 1.79. The molecule has 4 amide bonds. The third-order valence-corrected chi connectivity index (χ3v) is 0.982. The molecule has 0 bridgehead atoms. The Labute approximate surface area is 97.6 Å². The molecule has 0 aromatic carbocycles. The molecule has 0 saturated heterocycles. The van der Waals surface area contributed by atoms with Gasteiger partial charge in [-0.2, -0.15) is 0 Å². The van der Waals surface area contributed by atoms with Crippen LogP contribution in [0.25, 0.3) is 0 Å². The van der Waals surface area contributed by atoms with Crippen molar-refractivity contribution in [2.45, 2.75) is 13.8 Å². The van der Waals surface area contributed by atoms with Gasteiger partial charge in [-0.3, -0.25) is 0 Å². The number of carbonyl (C=O) groups is 3. The minimum absolute atomic E-state index is 0. The van der Waals surface area contributed by atoms with Crippen LogP contribution in [0.1, 0.15) is 13.8 Å². The van der Waals surface area contributed by atoms with Crippen molar-refractivity contribution < 1.29 is 23.9 Å². The third kappa shape index (κ3) is 9.06.